The van der Waals surface area contributed by atoms with Gasteiger partial charge in [0.15, 0.2) is 5.96 Å². The van der Waals surface area contributed by atoms with Crippen LogP contribution in [0.1, 0.15) is 45.4 Å². The number of hydrogen-bond acceptors (Lipinski definition) is 3. The molecular weight excluding hydrogens is 264 g/mol. The number of rotatable bonds is 4. The van der Waals surface area contributed by atoms with Crippen LogP contribution in [0.25, 0.3) is 0 Å². The summed E-state index contributed by atoms with van der Waals surface area (Å²) >= 11 is 0. The summed E-state index contributed by atoms with van der Waals surface area (Å²) in [5.74, 6) is 3.45. The molecular formula is C15H28N6. The van der Waals surface area contributed by atoms with Gasteiger partial charge >= 0.3 is 0 Å². The van der Waals surface area contributed by atoms with Crippen molar-refractivity contribution in [2.75, 3.05) is 7.05 Å². The normalized spacial score (nSPS) is 23.4. The third kappa shape index (κ3) is 4.44. The van der Waals surface area contributed by atoms with Crippen LogP contribution in [0.15, 0.2) is 11.3 Å². The number of nitrogens with one attached hydrogen (secondary N) is 2. The van der Waals surface area contributed by atoms with E-state index in [1.54, 1.807) is 11.0 Å². The summed E-state index contributed by atoms with van der Waals surface area (Å²) in [5, 5.41) is 10.9. The van der Waals surface area contributed by atoms with Crippen molar-refractivity contribution in [3.63, 3.8) is 0 Å². The van der Waals surface area contributed by atoms with Crippen molar-refractivity contribution in [2.24, 2.45) is 23.9 Å². The minimum Gasteiger partial charge on any atom is -0.354 e. The molecule has 1 aromatic rings. The van der Waals surface area contributed by atoms with E-state index >= 15 is 0 Å². The summed E-state index contributed by atoms with van der Waals surface area (Å²) in [4.78, 5) is 8.51. The lowest BCUT2D eigenvalue weighted by atomic mass is 9.80. The number of aromatic nitrogens is 3. The van der Waals surface area contributed by atoms with Crippen molar-refractivity contribution >= 4 is 5.96 Å². The molecule has 0 amide bonds. The van der Waals surface area contributed by atoms with Gasteiger partial charge in [0.05, 0.1) is 6.54 Å². The zero-order valence-electron chi connectivity index (χ0n) is 13.6. The second kappa shape index (κ2) is 7.43. The van der Waals surface area contributed by atoms with Gasteiger partial charge in [-0.05, 0) is 37.5 Å². The van der Waals surface area contributed by atoms with Crippen molar-refractivity contribution in [2.45, 2.75) is 52.1 Å². The number of hydrogen-bond donors (Lipinski definition) is 2. The summed E-state index contributed by atoms with van der Waals surface area (Å²) in [6, 6.07) is 0.533. The molecule has 1 aliphatic carbocycles. The van der Waals surface area contributed by atoms with Crippen LogP contribution < -0.4 is 10.6 Å². The zero-order valence-corrected chi connectivity index (χ0v) is 13.6. The summed E-state index contributed by atoms with van der Waals surface area (Å²) in [5.41, 5.74) is 0. The van der Waals surface area contributed by atoms with E-state index in [1.165, 1.54) is 25.7 Å². The molecule has 2 N–H and O–H groups in total. The number of aliphatic imine (C=N–C) groups is 1. The van der Waals surface area contributed by atoms with Gasteiger partial charge in [0, 0.05) is 20.1 Å². The van der Waals surface area contributed by atoms with Crippen LogP contribution in [0.3, 0.4) is 0 Å². The second-order valence-corrected chi connectivity index (χ2v) is 6.23. The first-order chi connectivity index (χ1) is 10.1. The van der Waals surface area contributed by atoms with Crippen molar-refractivity contribution < 1.29 is 0 Å². The number of nitrogens with zero attached hydrogens (tertiary/aromatic N) is 4. The Hall–Kier alpha value is -1.59. The van der Waals surface area contributed by atoms with Crippen LogP contribution >= 0.6 is 0 Å². The Bertz CT molecular complexity index is 456. The van der Waals surface area contributed by atoms with Crippen molar-refractivity contribution in [3.05, 3.63) is 12.2 Å². The molecule has 6 nitrogen and oxygen atoms in total. The predicted octanol–water partition coefficient (Wildman–Crippen LogP) is 1.69. The average Bonchev–Trinajstić information content (AvgIpc) is 2.89. The summed E-state index contributed by atoms with van der Waals surface area (Å²) in [6.07, 6.45) is 6.66. The molecule has 1 heterocycles. The smallest absolute Gasteiger partial charge is 0.191 e. The maximum Gasteiger partial charge on any atom is 0.191 e. The highest BCUT2D eigenvalue weighted by Gasteiger charge is 2.23. The van der Waals surface area contributed by atoms with Gasteiger partial charge in [0.25, 0.3) is 0 Å². The lowest BCUT2D eigenvalue weighted by Gasteiger charge is -2.32. The standard InChI is InChI=1S/C15H28N6/c1-11(2)12-5-7-13(8-6-12)20-15(16-3)17-9-14-18-10-19-21(14)4/h10-13H,5-9H2,1-4H3,(H2,16,17,20). The maximum atomic E-state index is 4.30. The molecule has 0 saturated heterocycles. The van der Waals surface area contributed by atoms with Gasteiger partial charge in [-0.1, -0.05) is 13.8 Å². The largest absolute Gasteiger partial charge is 0.354 e. The Labute approximate surface area is 127 Å². The molecule has 1 aliphatic rings. The third-order valence-electron chi connectivity index (χ3n) is 4.50. The van der Waals surface area contributed by atoms with Gasteiger partial charge in [-0.3, -0.25) is 9.67 Å². The van der Waals surface area contributed by atoms with Crippen LogP contribution in [0.2, 0.25) is 0 Å². The topological polar surface area (TPSA) is 67.1 Å². The van der Waals surface area contributed by atoms with E-state index in [2.05, 4.69) is 39.6 Å². The number of aryl methyl sites for hydroxylation is 1. The average molecular weight is 292 g/mol. The Morgan fingerprint density at radius 1 is 1.38 bits per heavy atom. The highest BCUT2D eigenvalue weighted by atomic mass is 15.3. The highest BCUT2D eigenvalue weighted by molar-refractivity contribution is 5.79. The number of guanidine groups is 1. The molecule has 0 unspecified atom stereocenters. The Morgan fingerprint density at radius 3 is 2.62 bits per heavy atom. The van der Waals surface area contributed by atoms with E-state index in [-0.39, 0.29) is 0 Å². The summed E-state index contributed by atoms with van der Waals surface area (Å²) in [6.45, 7) is 5.30. The first-order valence-electron chi connectivity index (χ1n) is 7.90. The molecule has 2 rings (SSSR count). The lowest BCUT2D eigenvalue weighted by molar-refractivity contribution is 0.250. The monoisotopic (exact) mass is 292 g/mol. The van der Waals surface area contributed by atoms with E-state index in [0.29, 0.717) is 12.6 Å². The summed E-state index contributed by atoms with van der Waals surface area (Å²) in [7, 11) is 3.71. The van der Waals surface area contributed by atoms with Gasteiger partial charge in [0.1, 0.15) is 12.2 Å². The molecule has 0 spiro atoms. The first-order valence-corrected chi connectivity index (χ1v) is 7.90. The van der Waals surface area contributed by atoms with Gasteiger partial charge in [0.2, 0.25) is 0 Å². The molecule has 0 aromatic carbocycles. The van der Waals surface area contributed by atoms with Crippen LogP contribution in [-0.4, -0.2) is 33.8 Å². The lowest BCUT2D eigenvalue weighted by Crippen LogP contribution is -2.45. The Balaban J connectivity index is 1.77. The van der Waals surface area contributed by atoms with E-state index in [9.17, 15) is 0 Å². The minimum atomic E-state index is 0.533. The quantitative estimate of drug-likeness (QED) is 0.655. The molecule has 21 heavy (non-hydrogen) atoms. The van der Waals surface area contributed by atoms with Crippen molar-refractivity contribution in [1.29, 1.82) is 0 Å². The molecule has 1 saturated carbocycles. The summed E-state index contributed by atoms with van der Waals surface area (Å²) < 4.78 is 1.77. The Kier molecular flexibility index (Phi) is 5.59. The van der Waals surface area contributed by atoms with Crippen molar-refractivity contribution in [1.82, 2.24) is 25.4 Å². The molecule has 0 aliphatic heterocycles. The van der Waals surface area contributed by atoms with Crippen molar-refractivity contribution in [3.8, 4) is 0 Å². The van der Waals surface area contributed by atoms with Crippen LogP contribution in [0.5, 0.6) is 0 Å². The Morgan fingerprint density at radius 2 is 2.10 bits per heavy atom. The predicted molar refractivity (Wildman–Crippen MR) is 84.9 cm³/mol. The fraction of sp³-hybridized carbons (Fsp3) is 0.800. The van der Waals surface area contributed by atoms with Crippen LogP contribution in [0.4, 0.5) is 0 Å². The fourth-order valence-corrected chi connectivity index (χ4v) is 2.96. The third-order valence-corrected chi connectivity index (χ3v) is 4.50. The molecule has 1 fully saturated rings. The SMILES string of the molecule is CN=C(NCc1ncnn1C)NC1CCC(C(C)C)CC1. The van der Waals surface area contributed by atoms with Gasteiger partial charge in [-0.15, -0.1) is 0 Å². The van der Waals surface area contributed by atoms with Gasteiger partial charge in [-0.25, -0.2) is 4.98 Å². The van der Waals surface area contributed by atoms with Crippen LogP contribution in [-0.2, 0) is 13.6 Å². The zero-order chi connectivity index (χ0) is 15.2. The second-order valence-electron chi connectivity index (χ2n) is 6.23. The molecule has 6 heteroatoms. The fourth-order valence-electron chi connectivity index (χ4n) is 2.96. The van der Waals surface area contributed by atoms with E-state index in [4.69, 9.17) is 0 Å². The maximum absolute atomic E-state index is 4.30. The van der Waals surface area contributed by atoms with Gasteiger partial charge in [-0.2, -0.15) is 5.10 Å². The van der Waals surface area contributed by atoms with Gasteiger partial charge < -0.3 is 10.6 Å². The molecule has 1 aromatic heterocycles. The first kappa shape index (κ1) is 15.8. The van der Waals surface area contributed by atoms with E-state index in [1.807, 2.05) is 14.1 Å². The molecule has 0 atom stereocenters. The van der Waals surface area contributed by atoms with E-state index < -0.39 is 0 Å². The molecule has 0 bridgehead atoms. The van der Waals surface area contributed by atoms with Crippen LogP contribution in [0, 0.1) is 11.8 Å². The molecule has 0 radical (unpaired) electrons. The molecule has 118 valence electrons. The van der Waals surface area contributed by atoms with E-state index in [0.717, 1.165) is 23.6 Å². The minimum absolute atomic E-state index is 0.533. The highest BCUT2D eigenvalue weighted by Crippen LogP contribution is 2.29.